The van der Waals surface area contributed by atoms with Crippen LogP contribution < -0.4 is 9.62 Å². The molecule has 1 N–H and O–H groups in total. The zero-order chi connectivity index (χ0) is 21.0. The maximum Gasteiger partial charge on any atom is 0.264 e. The summed E-state index contributed by atoms with van der Waals surface area (Å²) in [5.74, 6) is 0.731. The number of sulfonamides is 1. The SMILES string of the molecule is O=C(CCC1CCCCC1)Nc1ccc2c(c1)CCCN2S(=O)(=O)c1ccccc1. The molecule has 2 aliphatic rings. The summed E-state index contributed by atoms with van der Waals surface area (Å²) in [7, 11) is -3.59. The molecule has 5 nitrogen and oxygen atoms in total. The van der Waals surface area contributed by atoms with Crippen LogP contribution in [0.4, 0.5) is 11.4 Å². The molecule has 0 radical (unpaired) electrons. The van der Waals surface area contributed by atoms with Gasteiger partial charge in [-0.15, -0.1) is 0 Å². The average Bonchev–Trinajstić information content (AvgIpc) is 2.78. The molecule has 1 amide bonds. The monoisotopic (exact) mass is 426 g/mol. The van der Waals surface area contributed by atoms with Crippen LogP contribution in [-0.4, -0.2) is 20.9 Å². The normalized spacial score (nSPS) is 17.4. The topological polar surface area (TPSA) is 66.5 Å². The minimum Gasteiger partial charge on any atom is -0.326 e. The fourth-order valence-electron chi connectivity index (χ4n) is 4.64. The number of nitrogens with one attached hydrogen (secondary N) is 1. The molecule has 0 bridgehead atoms. The molecule has 0 saturated heterocycles. The van der Waals surface area contributed by atoms with E-state index in [1.807, 2.05) is 24.3 Å². The van der Waals surface area contributed by atoms with Crippen LogP contribution in [0.25, 0.3) is 0 Å². The molecule has 2 aromatic rings. The van der Waals surface area contributed by atoms with Crippen molar-refractivity contribution >= 4 is 27.3 Å². The number of rotatable bonds is 6. The third kappa shape index (κ3) is 4.69. The van der Waals surface area contributed by atoms with Gasteiger partial charge in [-0.05, 0) is 61.1 Å². The predicted molar refractivity (Wildman–Crippen MR) is 120 cm³/mol. The molecule has 1 heterocycles. The number of carbonyl (C=O) groups excluding carboxylic acids is 1. The van der Waals surface area contributed by atoms with Crippen LogP contribution >= 0.6 is 0 Å². The first-order chi connectivity index (χ1) is 14.5. The second kappa shape index (κ2) is 9.21. The Labute approximate surface area is 179 Å². The van der Waals surface area contributed by atoms with Gasteiger partial charge in [0.1, 0.15) is 0 Å². The van der Waals surface area contributed by atoms with Crippen LogP contribution in [0, 0.1) is 5.92 Å². The van der Waals surface area contributed by atoms with Gasteiger partial charge in [0.05, 0.1) is 10.6 Å². The molecule has 0 atom stereocenters. The van der Waals surface area contributed by atoms with E-state index in [1.165, 1.54) is 36.4 Å². The second-order valence-corrected chi connectivity index (χ2v) is 10.3. The molecule has 0 spiro atoms. The maximum absolute atomic E-state index is 13.1. The maximum atomic E-state index is 13.1. The number of hydrogen-bond donors (Lipinski definition) is 1. The van der Waals surface area contributed by atoms with Crippen LogP contribution in [-0.2, 0) is 21.2 Å². The van der Waals surface area contributed by atoms with Crippen LogP contribution in [0.3, 0.4) is 0 Å². The Morgan fingerprint density at radius 3 is 2.53 bits per heavy atom. The number of fused-ring (bicyclic) bond motifs is 1. The summed E-state index contributed by atoms with van der Waals surface area (Å²) in [6.45, 7) is 0.470. The first-order valence-corrected chi connectivity index (χ1v) is 12.5. The lowest BCUT2D eigenvalue weighted by molar-refractivity contribution is -0.116. The smallest absolute Gasteiger partial charge is 0.264 e. The van der Waals surface area contributed by atoms with Crippen LogP contribution in [0.2, 0.25) is 0 Å². The predicted octanol–water partition coefficient (Wildman–Crippen LogP) is 5.13. The average molecular weight is 427 g/mol. The number of benzene rings is 2. The van der Waals surface area contributed by atoms with E-state index in [0.717, 1.165) is 30.5 Å². The van der Waals surface area contributed by atoms with E-state index in [4.69, 9.17) is 0 Å². The molecule has 1 fully saturated rings. The summed E-state index contributed by atoms with van der Waals surface area (Å²) in [6, 6.07) is 14.1. The van der Waals surface area contributed by atoms with E-state index < -0.39 is 10.0 Å². The van der Waals surface area contributed by atoms with Crippen molar-refractivity contribution in [3.8, 4) is 0 Å². The van der Waals surface area contributed by atoms with Gasteiger partial charge in [-0.3, -0.25) is 9.10 Å². The molecule has 0 aromatic heterocycles. The van der Waals surface area contributed by atoms with E-state index >= 15 is 0 Å². The number of aryl methyl sites for hydroxylation is 1. The number of anilines is 2. The Morgan fingerprint density at radius 2 is 1.77 bits per heavy atom. The van der Waals surface area contributed by atoms with Gasteiger partial charge in [0.2, 0.25) is 5.91 Å². The molecule has 4 rings (SSSR count). The lowest BCUT2D eigenvalue weighted by Crippen LogP contribution is -2.35. The minimum atomic E-state index is -3.59. The van der Waals surface area contributed by atoms with Gasteiger partial charge in [0.15, 0.2) is 0 Å². The first-order valence-electron chi connectivity index (χ1n) is 11.0. The van der Waals surface area contributed by atoms with E-state index in [-0.39, 0.29) is 5.91 Å². The van der Waals surface area contributed by atoms with Gasteiger partial charge in [0.25, 0.3) is 10.0 Å². The van der Waals surface area contributed by atoms with Crippen molar-refractivity contribution in [1.29, 1.82) is 0 Å². The molecule has 1 aliphatic carbocycles. The second-order valence-electron chi connectivity index (χ2n) is 8.43. The zero-order valence-corrected chi connectivity index (χ0v) is 18.2. The molecule has 6 heteroatoms. The highest BCUT2D eigenvalue weighted by atomic mass is 32.2. The lowest BCUT2D eigenvalue weighted by atomic mass is 9.86. The third-order valence-electron chi connectivity index (χ3n) is 6.27. The number of carbonyl (C=O) groups is 1. The van der Waals surface area contributed by atoms with Crippen LogP contribution in [0.5, 0.6) is 0 Å². The van der Waals surface area contributed by atoms with Gasteiger partial charge >= 0.3 is 0 Å². The highest BCUT2D eigenvalue weighted by molar-refractivity contribution is 7.92. The molecule has 30 heavy (non-hydrogen) atoms. The molecule has 0 unspecified atom stereocenters. The zero-order valence-electron chi connectivity index (χ0n) is 17.3. The highest BCUT2D eigenvalue weighted by Crippen LogP contribution is 2.34. The van der Waals surface area contributed by atoms with Gasteiger partial charge in [-0.1, -0.05) is 50.3 Å². The first kappa shape index (κ1) is 20.9. The van der Waals surface area contributed by atoms with Crippen molar-refractivity contribution in [2.75, 3.05) is 16.2 Å². The van der Waals surface area contributed by atoms with E-state index in [0.29, 0.717) is 29.5 Å². The van der Waals surface area contributed by atoms with Crippen molar-refractivity contribution in [3.63, 3.8) is 0 Å². The number of nitrogens with zero attached hydrogens (tertiary/aromatic N) is 1. The molecule has 2 aromatic carbocycles. The summed E-state index contributed by atoms with van der Waals surface area (Å²) in [6.07, 6.45) is 9.49. The molecular formula is C24H30N2O3S. The van der Waals surface area contributed by atoms with Gasteiger partial charge in [0, 0.05) is 18.7 Å². The Morgan fingerprint density at radius 1 is 1.00 bits per heavy atom. The quantitative estimate of drug-likeness (QED) is 0.696. The van der Waals surface area contributed by atoms with E-state index in [1.54, 1.807) is 24.3 Å². The van der Waals surface area contributed by atoms with Crippen molar-refractivity contribution < 1.29 is 13.2 Å². The Balaban J connectivity index is 1.45. The summed E-state index contributed by atoms with van der Waals surface area (Å²) in [4.78, 5) is 12.7. The van der Waals surface area contributed by atoms with Crippen LogP contribution in [0.15, 0.2) is 53.4 Å². The highest BCUT2D eigenvalue weighted by Gasteiger charge is 2.29. The van der Waals surface area contributed by atoms with Gasteiger partial charge < -0.3 is 5.32 Å². The van der Waals surface area contributed by atoms with E-state index in [9.17, 15) is 13.2 Å². The van der Waals surface area contributed by atoms with Crippen molar-refractivity contribution in [3.05, 3.63) is 54.1 Å². The fraction of sp³-hybridized carbons (Fsp3) is 0.458. The third-order valence-corrected chi connectivity index (χ3v) is 8.10. The standard InChI is InChI=1S/C24H30N2O3S/c27-24(16-13-19-8-3-1-4-9-19)25-21-14-15-23-20(18-21)10-7-17-26(23)30(28,29)22-11-5-2-6-12-22/h2,5-6,11-12,14-15,18-19H,1,3-4,7-10,13,16-17H2,(H,25,27). The van der Waals surface area contributed by atoms with Crippen molar-refractivity contribution in [1.82, 2.24) is 0 Å². The molecule has 160 valence electrons. The summed E-state index contributed by atoms with van der Waals surface area (Å²) in [5.41, 5.74) is 2.43. The molecular weight excluding hydrogens is 396 g/mol. The van der Waals surface area contributed by atoms with Crippen LogP contribution in [0.1, 0.15) is 56.9 Å². The Bertz CT molecular complexity index is 983. The summed E-state index contributed by atoms with van der Waals surface area (Å²) in [5, 5.41) is 3.01. The van der Waals surface area contributed by atoms with Gasteiger partial charge in [-0.2, -0.15) is 0 Å². The van der Waals surface area contributed by atoms with E-state index in [2.05, 4.69) is 5.32 Å². The summed E-state index contributed by atoms with van der Waals surface area (Å²) < 4.78 is 27.7. The summed E-state index contributed by atoms with van der Waals surface area (Å²) >= 11 is 0. The number of hydrogen-bond acceptors (Lipinski definition) is 3. The minimum absolute atomic E-state index is 0.0464. The lowest BCUT2D eigenvalue weighted by Gasteiger charge is -2.31. The van der Waals surface area contributed by atoms with Gasteiger partial charge in [-0.25, -0.2) is 8.42 Å². The van der Waals surface area contributed by atoms with Crippen molar-refractivity contribution in [2.24, 2.45) is 5.92 Å². The fourth-order valence-corrected chi connectivity index (χ4v) is 6.21. The Kier molecular flexibility index (Phi) is 6.42. The Hall–Kier alpha value is -2.34. The molecule has 1 aliphatic heterocycles. The molecule has 1 saturated carbocycles. The largest absolute Gasteiger partial charge is 0.326 e. The number of amides is 1. The van der Waals surface area contributed by atoms with Crippen molar-refractivity contribution in [2.45, 2.75) is 62.7 Å².